The molecule has 2 unspecified atom stereocenters. The highest BCUT2D eigenvalue weighted by Crippen LogP contribution is 2.20. The highest BCUT2D eigenvalue weighted by molar-refractivity contribution is 5.38. The lowest BCUT2D eigenvalue weighted by Gasteiger charge is -2.30. The molecule has 0 bridgehead atoms. The number of nitriles is 1. The minimum absolute atomic E-state index is 0.203. The number of hydrogen-bond acceptors (Lipinski definition) is 4. The number of aromatic nitrogens is 1. The quantitative estimate of drug-likeness (QED) is 0.817. The van der Waals surface area contributed by atoms with Crippen LogP contribution in [-0.4, -0.2) is 22.2 Å². The fourth-order valence-electron chi connectivity index (χ4n) is 1.48. The monoisotopic (exact) mass is 233 g/mol. The predicted octanol–water partition coefficient (Wildman–Crippen LogP) is 2.16. The summed E-state index contributed by atoms with van der Waals surface area (Å²) in [6, 6.07) is 7.19. The third-order valence-electron chi connectivity index (χ3n) is 3.17. The van der Waals surface area contributed by atoms with E-state index in [0.717, 1.165) is 6.42 Å². The van der Waals surface area contributed by atoms with Crippen molar-refractivity contribution < 1.29 is 5.11 Å². The van der Waals surface area contributed by atoms with Gasteiger partial charge in [-0.25, -0.2) is 4.98 Å². The van der Waals surface area contributed by atoms with Crippen LogP contribution in [-0.2, 0) is 0 Å². The van der Waals surface area contributed by atoms with Gasteiger partial charge in [0.15, 0.2) is 0 Å². The Labute approximate surface area is 102 Å². The normalized spacial score (nSPS) is 15.7. The number of aliphatic hydroxyl groups is 1. The Balaban J connectivity index is 2.64. The second-order valence-electron chi connectivity index (χ2n) is 4.54. The first kappa shape index (κ1) is 13.5. The fraction of sp³-hybridized carbons (Fsp3) is 0.538. The Kier molecular flexibility index (Phi) is 4.47. The maximum atomic E-state index is 10.2. The SMILES string of the molecule is CCC(C)C(C)(O)CNc1cccc(C#N)n1. The largest absolute Gasteiger partial charge is 0.388 e. The minimum Gasteiger partial charge on any atom is -0.388 e. The van der Waals surface area contributed by atoms with Crippen molar-refractivity contribution >= 4 is 5.82 Å². The van der Waals surface area contributed by atoms with Crippen LogP contribution in [0.2, 0.25) is 0 Å². The molecular formula is C13H19N3O. The first-order valence-corrected chi connectivity index (χ1v) is 5.83. The molecule has 0 fully saturated rings. The Hall–Kier alpha value is -1.60. The molecule has 4 heteroatoms. The summed E-state index contributed by atoms with van der Waals surface area (Å²) < 4.78 is 0. The lowest BCUT2D eigenvalue weighted by Crippen LogP contribution is -2.40. The Bertz CT molecular complexity index is 409. The van der Waals surface area contributed by atoms with Gasteiger partial charge in [0.25, 0.3) is 0 Å². The lowest BCUT2D eigenvalue weighted by molar-refractivity contribution is 0.0175. The number of rotatable bonds is 5. The van der Waals surface area contributed by atoms with Gasteiger partial charge in [0.1, 0.15) is 17.6 Å². The molecule has 0 aromatic carbocycles. The molecule has 0 aliphatic carbocycles. The first-order valence-electron chi connectivity index (χ1n) is 5.83. The van der Waals surface area contributed by atoms with Crippen molar-refractivity contribution in [2.75, 3.05) is 11.9 Å². The van der Waals surface area contributed by atoms with Gasteiger partial charge in [0, 0.05) is 6.54 Å². The van der Waals surface area contributed by atoms with Crippen LogP contribution in [0.5, 0.6) is 0 Å². The molecule has 1 aromatic rings. The molecule has 0 saturated carbocycles. The van der Waals surface area contributed by atoms with Gasteiger partial charge in [0.2, 0.25) is 0 Å². The van der Waals surface area contributed by atoms with Gasteiger partial charge >= 0.3 is 0 Å². The molecule has 2 N–H and O–H groups in total. The zero-order chi connectivity index (χ0) is 12.9. The van der Waals surface area contributed by atoms with Crippen LogP contribution in [0.1, 0.15) is 32.9 Å². The molecule has 2 atom stereocenters. The smallest absolute Gasteiger partial charge is 0.142 e. The van der Waals surface area contributed by atoms with Crippen LogP contribution in [0.3, 0.4) is 0 Å². The molecular weight excluding hydrogens is 214 g/mol. The van der Waals surface area contributed by atoms with E-state index in [1.807, 2.05) is 26.8 Å². The highest BCUT2D eigenvalue weighted by Gasteiger charge is 2.26. The molecule has 17 heavy (non-hydrogen) atoms. The molecule has 0 aliphatic heterocycles. The second-order valence-corrected chi connectivity index (χ2v) is 4.54. The molecule has 1 rings (SSSR count). The van der Waals surface area contributed by atoms with E-state index in [-0.39, 0.29) is 5.92 Å². The maximum absolute atomic E-state index is 10.2. The van der Waals surface area contributed by atoms with E-state index >= 15 is 0 Å². The van der Waals surface area contributed by atoms with Gasteiger partial charge in [0.05, 0.1) is 5.60 Å². The average molecular weight is 233 g/mol. The summed E-state index contributed by atoms with van der Waals surface area (Å²) in [4.78, 5) is 4.10. The number of pyridine rings is 1. The number of hydrogen-bond donors (Lipinski definition) is 2. The molecule has 0 saturated heterocycles. The van der Waals surface area contributed by atoms with E-state index in [1.165, 1.54) is 0 Å². The van der Waals surface area contributed by atoms with Gasteiger partial charge in [-0.15, -0.1) is 0 Å². The number of nitrogens with zero attached hydrogens (tertiary/aromatic N) is 2. The molecule has 1 heterocycles. The Morgan fingerprint density at radius 3 is 2.88 bits per heavy atom. The molecule has 4 nitrogen and oxygen atoms in total. The standard InChI is InChI=1S/C13H19N3O/c1-4-10(2)13(3,17)9-15-12-7-5-6-11(8-14)16-12/h5-7,10,17H,4,9H2,1-3H3,(H,15,16). The van der Waals surface area contributed by atoms with Crippen molar-refractivity contribution in [1.82, 2.24) is 4.98 Å². The van der Waals surface area contributed by atoms with Gasteiger partial charge < -0.3 is 10.4 Å². The molecule has 0 spiro atoms. The van der Waals surface area contributed by atoms with Crippen LogP contribution in [0.15, 0.2) is 18.2 Å². The zero-order valence-corrected chi connectivity index (χ0v) is 10.6. The van der Waals surface area contributed by atoms with Gasteiger partial charge in [-0.05, 0) is 25.0 Å². The summed E-state index contributed by atoms with van der Waals surface area (Å²) in [5.74, 6) is 0.821. The molecule has 0 aliphatic rings. The highest BCUT2D eigenvalue weighted by atomic mass is 16.3. The summed E-state index contributed by atoms with van der Waals surface area (Å²) >= 11 is 0. The van der Waals surface area contributed by atoms with Crippen LogP contribution in [0.25, 0.3) is 0 Å². The van der Waals surface area contributed by atoms with E-state index in [2.05, 4.69) is 10.3 Å². The molecule has 0 amide bonds. The van der Waals surface area contributed by atoms with Crippen molar-refractivity contribution in [1.29, 1.82) is 5.26 Å². The maximum Gasteiger partial charge on any atom is 0.142 e. The van der Waals surface area contributed by atoms with Gasteiger partial charge in [-0.1, -0.05) is 26.3 Å². The first-order chi connectivity index (χ1) is 7.99. The second kappa shape index (κ2) is 5.65. The van der Waals surface area contributed by atoms with E-state index in [0.29, 0.717) is 18.1 Å². The zero-order valence-electron chi connectivity index (χ0n) is 10.6. The van der Waals surface area contributed by atoms with Gasteiger partial charge in [-0.3, -0.25) is 0 Å². The Morgan fingerprint density at radius 2 is 2.29 bits per heavy atom. The van der Waals surface area contributed by atoms with Crippen LogP contribution < -0.4 is 5.32 Å². The van der Waals surface area contributed by atoms with E-state index < -0.39 is 5.60 Å². The molecule has 0 radical (unpaired) electrons. The topological polar surface area (TPSA) is 68.9 Å². The average Bonchev–Trinajstić information content (AvgIpc) is 2.35. The summed E-state index contributed by atoms with van der Waals surface area (Å²) in [5.41, 5.74) is -0.405. The van der Waals surface area contributed by atoms with Crippen molar-refractivity contribution in [3.8, 4) is 6.07 Å². The summed E-state index contributed by atoms with van der Waals surface area (Å²) in [6.45, 7) is 6.29. The summed E-state index contributed by atoms with van der Waals surface area (Å²) in [6.07, 6.45) is 0.917. The van der Waals surface area contributed by atoms with Crippen LogP contribution in [0, 0.1) is 17.2 Å². The summed E-state index contributed by atoms with van der Waals surface area (Å²) in [7, 11) is 0. The van der Waals surface area contributed by atoms with Crippen molar-refractivity contribution in [2.45, 2.75) is 32.8 Å². The predicted molar refractivity (Wildman–Crippen MR) is 67.5 cm³/mol. The van der Waals surface area contributed by atoms with Crippen molar-refractivity contribution in [3.05, 3.63) is 23.9 Å². The van der Waals surface area contributed by atoms with Crippen molar-refractivity contribution in [3.63, 3.8) is 0 Å². The third-order valence-corrected chi connectivity index (χ3v) is 3.17. The van der Waals surface area contributed by atoms with Gasteiger partial charge in [-0.2, -0.15) is 5.26 Å². The van der Waals surface area contributed by atoms with Crippen LogP contribution >= 0.6 is 0 Å². The number of anilines is 1. The molecule has 92 valence electrons. The fourth-order valence-corrected chi connectivity index (χ4v) is 1.48. The Morgan fingerprint density at radius 1 is 1.59 bits per heavy atom. The van der Waals surface area contributed by atoms with Crippen molar-refractivity contribution in [2.24, 2.45) is 5.92 Å². The van der Waals surface area contributed by atoms with E-state index in [9.17, 15) is 5.11 Å². The minimum atomic E-state index is -0.779. The van der Waals surface area contributed by atoms with E-state index in [4.69, 9.17) is 5.26 Å². The number of nitrogens with one attached hydrogen (secondary N) is 1. The van der Waals surface area contributed by atoms with Crippen LogP contribution in [0.4, 0.5) is 5.82 Å². The molecule has 1 aromatic heterocycles. The summed E-state index contributed by atoms with van der Waals surface area (Å²) in [5, 5.41) is 22.0. The third kappa shape index (κ3) is 3.72. The lowest BCUT2D eigenvalue weighted by atomic mass is 9.89. The van der Waals surface area contributed by atoms with E-state index in [1.54, 1.807) is 18.2 Å².